The van der Waals surface area contributed by atoms with Crippen molar-refractivity contribution < 1.29 is 9.15 Å². The first-order chi connectivity index (χ1) is 31.7. The zero-order chi connectivity index (χ0) is 41.9. The Bertz CT molecular complexity index is 3730. The van der Waals surface area contributed by atoms with Gasteiger partial charge in [-0.05, 0) is 133 Å². The van der Waals surface area contributed by atoms with Crippen LogP contribution in [-0.4, -0.2) is 0 Å². The van der Waals surface area contributed by atoms with E-state index in [0.717, 1.165) is 72.8 Å². The molecule has 0 fully saturated rings. The van der Waals surface area contributed by atoms with Crippen molar-refractivity contribution in [1.29, 1.82) is 0 Å². The molecule has 3 heteroatoms. The highest BCUT2D eigenvalue weighted by Crippen LogP contribution is 2.63. The topological polar surface area (TPSA) is 25.6 Å². The van der Waals surface area contributed by atoms with Gasteiger partial charge in [0.25, 0.3) is 0 Å². The maximum Gasteiger partial charge on any atom is 0.135 e. The lowest BCUT2D eigenvalue weighted by molar-refractivity contribution is 0.488. The van der Waals surface area contributed by atoms with Crippen molar-refractivity contribution >= 4 is 39.0 Å². The number of benzene rings is 10. The molecule has 0 saturated carbocycles. The number of rotatable bonds is 3. The largest absolute Gasteiger partial charge is 0.456 e. The number of furan rings is 1. The van der Waals surface area contributed by atoms with Crippen LogP contribution in [-0.2, 0) is 5.41 Å². The molecule has 14 rings (SSSR count). The zero-order valence-electron chi connectivity index (χ0n) is 34.6. The molecule has 11 aromatic rings. The Morgan fingerprint density at radius 2 is 0.781 bits per heavy atom. The molecule has 1 spiro atoms. The summed E-state index contributed by atoms with van der Waals surface area (Å²) in [6, 6.07) is 81.8. The standard InChI is InChI=1S/C61H37NO2/c1-2-16-38(17-3-1)62(39-30-32-43-47-22-8-13-27-57(47)63-58-28-14-9-23-48(58)50(43)34-39)40-31-33-46-42-19-5-4-18-41(42)44-20-6-11-25-53(44)61(55(46)35-40)54-26-12-7-21-45(54)51-36-52-49-24-10-15-29-59(49)64-60(52)37-56(51)61/h1-37H. The first-order valence-electron chi connectivity index (χ1n) is 22.0. The van der Waals surface area contributed by atoms with E-state index in [1.54, 1.807) is 0 Å². The van der Waals surface area contributed by atoms with Crippen LogP contribution >= 0.6 is 0 Å². The van der Waals surface area contributed by atoms with Gasteiger partial charge >= 0.3 is 0 Å². The average molecular weight is 816 g/mol. The average Bonchev–Trinajstić information content (AvgIpc) is 3.78. The zero-order valence-corrected chi connectivity index (χ0v) is 34.6. The Labute approximate surface area is 370 Å². The number of hydrogen-bond acceptors (Lipinski definition) is 3. The van der Waals surface area contributed by atoms with Crippen LogP contribution in [0.15, 0.2) is 229 Å². The van der Waals surface area contributed by atoms with Crippen LogP contribution in [0.5, 0.6) is 11.5 Å². The predicted octanol–water partition coefficient (Wildman–Crippen LogP) is 16.5. The van der Waals surface area contributed by atoms with E-state index in [-0.39, 0.29) is 0 Å². The maximum absolute atomic E-state index is 6.74. The van der Waals surface area contributed by atoms with E-state index >= 15 is 0 Å². The maximum atomic E-state index is 6.74. The summed E-state index contributed by atoms with van der Waals surface area (Å²) in [7, 11) is 0. The number of ether oxygens (including phenoxy) is 1. The van der Waals surface area contributed by atoms with Crippen LogP contribution in [0, 0.1) is 0 Å². The first-order valence-corrected chi connectivity index (χ1v) is 22.0. The van der Waals surface area contributed by atoms with Gasteiger partial charge in [-0.2, -0.15) is 0 Å². The molecular formula is C61H37NO2. The lowest BCUT2D eigenvalue weighted by Crippen LogP contribution is -2.29. The van der Waals surface area contributed by atoms with E-state index in [1.165, 1.54) is 55.6 Å². The van der Waals surface area contributed by atoms with Crippen LogP contribution in [0.25, 0.3) is 77.6 Å². The SMILES string of the molecule is c1ccc(N(c2ccc3c(c2)-c2ccccc2Oc2ccccc2-3)c2ccc3c(c2)C2(c4ccccc4-c4ccccc4-3)c3ccccc3-c3cc4c(cc32)oc2ccccc24)cc1. The minimum absolute atomic E-state index is 0.698. The highest BCUT2D eigenvalue weighted by atomic mass is 16.5. The number of fused-ring (bicyclic) bond motifs is 20. The van der Waals surface area contributed by atoms with Crippen molar-refractivity contribution in [3.05, 3.63) is 247 Å². The number of hydrogen-bond donors (Lipinski definition) is 0. The smallest absolute Gasteiger partial charge is 0.135 e. The van der Waals surface area contributed by atoms with Gasteiger partial charge in [0.2, 0.25) is 0 Å². The third kappa shape index (κ3) is 4.81. The third-order valence-electron chi connectivity index (χ3n) is 13.9. The molecule has 1 atom stereocenters. The van der Waals surface area contributed by atoms with E-state index in [9.17, 15) is 0 Å². The fourth-order valence-electron chi connectivity index (χ4n) is 11.3. The second-order valence-electron chi connectivity index (χ2n) is 17.1. The van der Waals surface area contributed by atoms with Gasteiger partial charge in [0.1, 0.15) is 22.7 Å². The van der Waals surface area contributed by atoms with Gasteiger partial charge in [-0.1, -0.05) is 158 Å². The van der Waals surface area contributed by atoms with Crippen LogP contribution < -0.4 is 9.64 Å². The van der Waals surface area contributed by atoms with Gasteiger partial charge < -0.3 is 14.1 Å². The summed E-state index contributed by atoms with van der Waals surface area (Å²) < 4.78 is 13.4. The van der Waals surface area contributed by atoms with Crippen LogP contribution in [0.1, 0.15) is 22.3 Å². The predicted molar refractivity (Wildman–Crippen MR) is 261 cm³/mol. The van der Waals surface area contributed by atoms with E-state index in [0.29, 0.717) is 0 Å². The molecule has 1 aromatic heterocycles. The summed E-state index contributed by atoms with van der Waals surface area (Å²) in [5, 5.41) is 2.26. The highest BCUT2D eigenvalue weighted by Gasteiger charge is 2.50. The van der Waals surface area contributed by atoms with Crippen molar-refractivity contribution in [2.45, 2.75) is 5.41 Å². The lowest BCUT2D eigenvalue weighted by Gasteiger charge is -2.36. The van der Waals surface area contributed by atoms with Crippen molar-refractivity contribution in [3.63, 3.8) is 0 Å². The van der Waals surface area contributed by atoms with E-state index < -0.39 is 5.41 Å². The van der Waals surface area contributed by atoms with Gasteiger partial charge in [0, 0.05) is 39.0 Å². The Morgan fingerprint density at radius 1 is 0.281 bits per heavy atom. The van der Waals surface area contributed by atoms with E-state index in [2.05, 4.69) is 217 Å². The third-order valence-corrected chi connectivity index (χ3v) is 13.9. The summed E-state index contributed by atoms with van der Waals surface area (Å²) in [6.45, 7) is 0. The molecule has 1 unspecified atom stereocenters. The number of para-hydroxylation sites is 4. The Morgan fingerprint density at radius 3 is 1.50 bits per heavy atom. The van der Waals surface area contributed by atoms with Gasteiger partial charge in [-0.15, -0.1) is 0 Å². The molecule has 0 N–H and O–H groups in total. The molecular weight excluding hydrogens is 779 g/mol. The van der Waals surface area contributed by atoms with Crippen LogP contribution in [0.3, 0.4) is 0 Å². The number of anilines is 3. The fraction of sp³-hybridized carbons (Fsp3) is 0.0164. The van der Waals surface area contributed by atoms with Gasteiger partial charge in [-0.25, -0.2) is 0 Å². The highest BCUT2D eigenvalue weighted by molar-refractivity contribution is 6.09. The van der Waals surface area contributed by atoms with Gasteiger partial charge in [-0.3, -0.25) is 0 Å². The Kier molecular flexibility index (Phi) is 7.32. The molecule has 2 aliphatic carbocycles. The summed E-state index contributed by atoms with van der Waals surface area (Å²) in [5.74, 6) is 1.70. The summed E-state index contributed by atoms with van der Waals surface area (Å²) in [4.78, 5) is 2.42. The summed E-state index contributed by atoms with van der Waals surface area (Å²) >= 11 is 0. The van der Waals surface area contributed by atoms with Crippen LogP contribution in [0.2, 0.25) is 0 Å². The molecule has 298 valence electrons. The van der Waals surface area contributed by atoms with Crippen molar-refractivity contribution in [3.8, 4) is 67.1 Å². The minimum Gasteiger partial charge on any atom is -0.456 e. The molecule has 0 bridgehead atoms. The first kappa shape index (κ1) is 35.2. The monoisotopic (exact) mass is 815 g/mol. The lowest BCUT2D eigenvalue weighted by atomic mass is 9.65. The Hall–Kier alpha value is -8.40. The van der Waals surface area contributed by atoms with Crippen molar-refractivity contribution in [2.75, 3.05) is 4.90 Å². The van der Waals surface area contributed by atoms with Gasteiger partial charge in [0.15, 0.2) is 0 Å². The molecule has 2 heterocycles. The molecule has 64 heavy (non-hydrogen) atoms. The second-order valence-corrected chi connectivity index (χ2v) is 17.1. The molecule has 0 saturated heterocycles. The Balaban J connectivity index is 1.09. The normalized spacial score (nSPS) is 14.8. The molecule has 3 nitrogen and oxygen atoms in total. The van der Waals surface area contributed by atoms with E-state index in [4.69, 9.17) is 9.15 Å². The van der Waals surface area contributed by atoms with Gasteiger partial charge in [0.05, 0.1) is 5.41 Å². The summed E-state index contributed by atoms with van der Waals surface area (Å²) in [6.07, 6.45) is 0. The summed E-state index contributed by atoms with van der Waals surface area (Å²) in [5.41, 5.74) is 21.0. The minimum atomic E-state index is -0.698. The van der Waals surface area contributed by atoms with Crippen molar-refractivity contribution in [2.24, 2.45) is 0 Å². The fourth-order valence-corrected chi connectivity index (χ4v) is 11.3. The molecule has 3 aliphatic rings. The molecule has 0 radical (unpaired) electrons. The molecule has 0 amide bonds. The molecule has 10 aromatic carbocycles. The number of nitrogens with zero attached hydrogens (tertiary/aromatic N) is 1. The van der Waals surface area contributed by atoms with E-state index in [1.807, 2.05) is 12.1 Å². The van der Waals surface area contributed by atoms with Crippen molar-refractivity contribution in [1.82, 2.24) is 0 Å². The quantitative estimate of drug-likeness (QED) is 0.178. The van der Waals surface area contributed by atoms with Crippen LogP contribution in [0.4, 0.5) is 17.1 Å². The molecule has 1 aliphatic heterocycles. The second kappa shape index (κ2) is 13.3.